The molecule has 0 N–H and O–H groups in total. The first-order chi connectivity index (χ1) is 14.0. The maximum atomic E-state index is 12.2. The monoisotopic (exact) mass is 395 g/mol. The fourth-order valence-corrected chi connectivity index (χ4v) is 2.77. The average Bonchev–Trinajstić information content (AvgIpc) is 3.21. The van der Waals surface area contributed by atoms with E-state index >= 15 is 0 Å². The first-order valence-electron chi connectivity index (χ1n) is 9.16. The van der Waals surface area contributed by atoms with Crippen LogP contribution in [0, 0.1) is 10.1 Å². The lowest BCUT2D eigenvalue weighted by molar-refractivity contribution is -0.385. The third-order valence-electron chi connectivity index (χ3n) is 4.38. The van der Waals surface area contributed by atoms with E-state index in [0.717, 1.165) is 17.0 Å². The second kappa shape index (κ2) is 9.50. The maximum Gasteiger partial charge on any atom is 0.310 e. The smallest absolute Gasteiger partial charge is 0.310 e. The fraction of sp³-hybridized carbons (Fsp3) is 0.238. The van der Waals surface area contributed by atoms with E-state index in [-0.39, 0.29) is 24.0 Å². The number of ether oxygens (including phenoxy) is 1. The predicted octanol–water partition coefficient (Wildman–Crippen LogP) is 3.72. The SMILES string of the molecule is CN(CCCc1cc(-c2ccccc2)no1)C(=O)COc1ccccc1[N+](=O)[O-]. The van der Waals surface area contributed by atoms with Crippen LogP contribution in [0.3, 0.4) is 0 Å². The highest BCUT2D eigenvalue weighted by Gasteiger charge is 2.16. The number of rotatable bonds is 9. The van der Waals surface area contributed by atoms with Crippen molar-refractivity contribution in [1.29, 1.82) is 0 Å². The molecule has 0 aliphatic carbocycles. The van der Waals surface area contributed by atoms with E-state index in [9.17, 15) is 14.9 Å². The van der Waals surface area contributed by atoms with Crippen LogP contribution >= 0.6 is 0 Å². The number of hydrogen-bond donors (Lipinski definition) is 0. The molecule has 0 fully saturated rings. The molecule has 0 saturated carbocycles. The van der Waals surface area contributed by atoms with Gasteiger partial charge in [0.05, 0.1) is 4.92 Å². The van der Waals surface area contributed by atoms with E-state index in [4.69, 9.17) is 9.26 Å². The maximum absolute atomic E-state index is 12.2. The lowest BCUT2D eigenvalue weighted by atomic mass is 10.1. The molecule has 0 radical (unpaired) electrons. The van der Waals surface area contributed by atoms with Gasteiger partial charge in [-0.15, -0.1) is 0 Å². The number of hydrogen-bond acceptors (Lipinski definition) is 6. The number of nitro groups is 1. The van der Waals surface area contributed by atoms with Gasteiger partial charge in [0.2, 0.25) is 0 Å². The molecule has 0 aliphatic rings. The van der Waals surface area contributed by atoms with Crippen molar-refractivity contribution in [1.82, 2.24) is 10.1 Å². The highest BCUT2D eigenvalue weighted by Crippen LogP contribution is 2.25. The Morgan fingerprint density at radius 3 is 2.66 bits per heavy atom. The Bertz CT molecular complexity index is 971. The van der Waals surface area contributed by atoms with Crippen LogP contribution in [0.4, 0.5) is 5.69 Å². The van der Waals surface area contributed by atoms with E-state index in [2.05, 4.69) is 5.16 Å². The second-order valence-corrected chi connectivity index (χ2v) is 6.48. The second-order valence-electron chi connectivity index (χ2n) is 6.48. The molecule has 1 heterocycles. The Labute approximate surface area is 167 Å². The zero-order valence-electron chi connectivity index (χ0n) is 16.0. The van der Waals surface area contributed by atoms with Gasteiger partial charge in [0.15, 0.2) is 12.4 Å². The minimum atomic E-state index is -0.537. The Morgan fingerprint density at radius 2 is 1.90 bits per heavy atom. The molecule has 1 aromatic heterocycles. The number of nitro benzene ring substituents is 1. The van der Waals surface area contributed by atoms with Gasteiger partial charge in [-0.2, -0.15) is 0 Å². The molecule has 0 unspecified atom stereocenters. The Balaban J connectivity index is 1.45. The standard InChI is InChI=1S/C21H21N3O5/c1-23(21(25)15-28-20-12-6-5-11-19(20)24(26)27)13-7-10-17-14-18(22-29-17)16-8-3-2-4-9-16/h2-6,8-9,11-12,14H,7,10,13,15H2,1H3. The van der Waals surface area contributed by atoms with Crippen LogP contribution in [-0.4, -0.2) is 41.1 Å². The quantitative estimate of drug-likeness (QED) is 0.404. The average molecular weight is 395 g/mol. The number of aromatic nitrogens is 1. The van der Waals surface area contributed by atoms with Crippen molar-refractivity contribution >= 4 is 11.6 Å². The largest absolute Gasteiger partial charge is 0.477 e. The molecule has 0 aliphatic heterocycles. The summed E-state index contributed by atoms with van der Waals surface area (Å²) in [5, 5.41) is 15.1. The minimum Gasteiger partial charge on any atom is -0.477 e. The summed E-state index contributed by atoms with van der Waals surface area (Å²) in [7, 11) is 1.67. The summed E-state index contributed by atoms with van der Waals surface area (Å²) in [5.74, 6) is 0.570. The highest BCUT2D eigenvalue weighted by atomic mass is 16.6. The third kappa shape index (κ3) is 5.41. The molecule has 3 aromatic rings. The molecule has 2 aromatic carbocycles. The van der Waals surface area contributed by atoms with Crippen molar-refractivity contribution in [3.8, 4) is 17.0 Å². The summed E-state index contributed by atoms with van der Waals surface area (Å²) >= 11 is 0. The summed E-state index contributed by atoms with van der Waals surface area (Å²) in [6.07, 6.45) is 1.33. The van der Waals surface area contributed by atoms with Crippen LogP contribution in [0.5, 0.6) is 5.75 Å². The molecule has 0 saturated heterocycles. The Morgan fingerprint density at radius 1 is 1.17 bits per heavy atom. The van der Waals surface area contributed by atoms with E-state index in [1.807, 2.05) is 36.4 Å². The normalized spacial score (nSPS) is 10.5. The van der Waals surface area contributed by atoms with Crippen molar-refractivity contribution in [3.05, 3.63) is 76.5 Å². The Kier molecular flexibility index (Phi) is 6.57. The molecule has 3 rings (SSSR count). The zero-order valence-corrected chi connectivity index (χ0v) is 16.0. The van der Waals surface area contributed by atoms with Crippen LogP contribution < -0.4 is 4.74 Å². The molecule has 0 atom stereocenters. The number of benzene rings is 2. The summed E-state index contributed by atoms with van der Waals surface area (Å²) in [6, 6.07) is 17.6. The van der Waals surface area contributed by atoms with E-state index in [0.29, 0.717) is 19.4 Å². The number of aryl methyl sites for hydroxylation is 1. The van der Waals surface area contributed by atoms with Crippen LogP contribution in [0.15, 0.2) is 65.2 Å². The number of amides is 1. The lowest BCUT2D eigenvalue weighted by Gasteiger charge is -2.17. The first-order valence-corrected chi connectivity index (χ1v) is 9.16. The molecule has 0 bridgehead atoms. The van der Waals surface area contributed by atoms with Gasteiger partial charge in [0.25, 0.3) is 5.91 Å². The van der Waals surface area contributed by atoms with E-state index < -0.39 is 4.92 Å². The number of nitrogens with zero attached hydrogens (tertiary/aromatic N) is 3. The van der Waals surface area contributed by atoms with Crippen molar-refractivity contribution in [2.24, 2.45) is 0 Å². The molecular formula is C21H21N3O5. The van der Waals surface area contributed by atoms with Crippen LogP contribution in [0.1, 0.15) is 12.2 Å². The van der Waals surface area contributed by atoms with Gasteiger partial charge in [-0.3, -0.25) is 14.9 Å². The highest BCUT2D eigenvalue weighted by molar-refractivity contribution is 5.77. The molecule has 29 heavy (non-hydrogen) atoms. The van der Waals surface area contributed by atoms with Gasteiger partial charge < -0.3 is 14.2 Å². The lowest BCUT2D eigenvalue weighted by Crippen LogP contribution is -2.32. The first kappa shape index (κ1) is 20.1. The summed E-state index contributed by atoms with van der Waals surface area (Å²) < 4.78 is 10.7. The topological polar surface area (TPSA) is 98.7 Å². The number of carbonyl (C=O) groups excluding carboxylic acids is 1. The van der Waals surface area contributed by atoms with Crippen molar-refractivity contribution in [3.63, 3.8) is 0 Å². The number of carbonyl (C=O) groups is 1. The van der Waals surface area contributed by atoms with Gasteiger partial charge in [-0.05, 0) is 12.5 Å². The van der Waals surface area contributed by atoms with E-state index in [1.165, 1.54) is 17.0 Å². The zero-order chi connectivity index (χ0) is 20.6. The van der Waals surface area contributed by atoms with Gasteiger partial charge in [-0.1, -0.05) is 47.6 Å². The van der Waals surface area contributed by atoms with Gasteiger partial charge >= 0.3 is 5.69 Å². The predicted molar refractivity (Wildman–Crippen MR) is 106 cm³/mol. The molecule has 1 amide bonds. The van der Waals surface area contributed by atoms with Crippen molar-refractivity contribution in [2.45, 2.75) is 12.8 Å². The van der Waals surface area contributed by atoms with Crippen molar-refractivity contribution < 1.29 is 19.0 Å². The fourth-order valence-electron chi connectivity index (χ4n) is 2.77. The molecule has 8 nitrogen and oxygen atoms in total. The number of likely N-dealkylation sites (N-methyl/N-ethyl adjacent to an activating group) is 1. The Hall–Kier alpha value is -3.68. The van der Waals surface area contributed by atoms with Gasteiger partial charge in [0, 0.05) is 37.7 Å². The molecule has 150 valence electrons. The molecular weight excluding hydrogens is 374 g/mol. The summed E-state index contributed by atoms with van der Waals surface area (Å²) in [4.78, 5) is 24.2. The third-order valence-corrected chi connectivity index (χ3v) is 4.38. The van der Waals surface area contributed by atoms with Crippen molar-refractivity contribution in [2.75, 3.05) is 20.2 Å². The summed E-state index contributed by atoms with van der Waals surface area (Å²) in [5.41, 5.74) is 1.60. The van der Waals surface area contributed by atoms with Crippen LogP contribution in [0.2, 0.25) is 0 Å². The van der Waals surface area contributed by atoms with Crippen LogP contribution in [-0.2, 0) is 11.2 Å². The van der Waals surface area contributed by atoms with Crippen LogP contribution in [0.25, 0.3) is 11.3 Å². The number of para-hydroxylation sites is 2. The minimum absolute atomic E-state index is 0.0781. The van der Waals surface area contributed by atoms with E-state index in [1.54, 1.807) is 19.2 Å². The molecule has 0 spiro atoms. The van der Waals surface area contributed by atoms with Gasteiger partial charge in [0.1, 0.15) is 11.5 Å². The van der Waals surface area contributed by atoms with Gasteiger partial charge in [-0.25, -0.2) is 0 Å². The molecule has 8 heteroatoms. The summed E-state index contributed by atoms with van der Waals surface area (Å²) in [6.45, 7) is 0.238.